The molecule has 1 aromatic carbocycles. The molecule has 1 saturated carbocycles. The highest BCUT2D eigenvalue weighted by atomic mass is 35.5. The second kappa shape index (κ2) is 7.81. The van der Waals surface area contributed by atoms with Crippen molar-refractivity contribution in [3.8, 4) is 5.75 Å². The van der Waals surface area contributed by atoms with Gasteiger partial charge in [-0.15, -0.1) is 0 Å². The number of fused-ring (bicyclic) bond motifs is 1. The first-order valence-electron chi connectivity index (χ1n) is 7.79. The van der Waals surface area contributed by atoms with Gasteiger partial charge in [-0.25, -0.2) is 0 Å². The molecule has 1 heterocycles. The van der Waals surface area contributed by atoms with Crippen LogP contribution in [0.25, 0.3) is 0 Å². The molecule has 1 aliphatic heterocycles. The number of rotatable bonds is 4. The number of aliphatic hydroxyl groups is 1. The summed E-state index contributed by atoms with van der Waals surface area (Å²) in [7, 11) is 1.96. The number of para-hydroxylation sites is 1. The van der Waals surface area contributed by atoms with Gasteiger partial charge in [-0.3, -0.25) is 4.79 Å². The highest BCUT2D eigenvalue weighted by Crippen LogP contribution is 2.36. The molecule has 4 atom stereocenters. The Morgan fingerprint density at radius 1 is 1.30 bits per heavy atom. The van der Waals surface area contributed by atoms with E-state index in [1.165, 1.54) is 6.26 Å². The van der Waals surface area contributed by atoms with Crippen LogP contribution in [0.2, 0.25) is 0 Å². The van der Waals surface area contributed by atoms with Crippen molar-refractivity contribution >= 4 is 5.78 Å². The number of carbonyl (C=O) groups is 1. The first kappa shape index (κ1) is 17.8. The molecule has 0 amide bonds. The largest absolute Gasteiger partial charge is 1.00 e. The van der Waals surface area contributed by atoms with Crippen molar-refractivity contribution < 1.29 is 37.1 Å². The van der Waals surface area contributed by atoms with E-state index < -0.39 is 6.10 Å². The quantitative estimate of drug-likeness (QED) is 0.634. The Morgan fingerprint density at radius 3 is 2.74 bits per heavy atom. The standard InChI is InChI=1S/C17H21NO4.ClH/c1-18-9-13-14(19)8-7-12-16(20)15(10-21-17(12)13)22-11-5-3-2-4-6-11;/h2-6,10,12-14,17-19H,7-9H2,1H3;1H. The van der Waals surface area contributed by atoms with Crippen LogP contribution < -0.4 is 22.5 Å². The van der Waals surface area contributed by atoms with Crippen LogP contribution in [0.4, 0.5) is 0 Å². The van der Waals surface area contributed by atoms with Crippen molar-refractivity contribution in [3.63, 3.8) is 0 Å². The SMILES string of the molecule is C[NH2+]CC1C(O)CCC2C(=O)C(Oc3ccccc3)=COC21.[Cl-]. The Balaban J connectivity index is 0.00000192. The summed E-state index contributed by atoms with van der Waals surface area (Å²) in [6.07, 6.45) is 2.02. The molecule has 6 heteroatoms. The minimum absolute atomic E-state index is 0. The predicted octanol–water partition coefficient (Wildman–Crippen LogP) is -2.54. The average Bonchev–Trinajstić information content (AvgIpc) is 2.54. The van der Waals surface area contributed by atoms with Crippen molar-refractivity contribution in [3.05, 3.63) is 42.4 Å². The lowest BCUT2D eigenvalue weighted by molar-refractivity contribution is -0.636. The number of aliphatic hydroxyl groups excluding tert-OH is 1. The zero-order valence-electron chi connectivity index (χ0n) is 13.0. The Labute approximate surface area is 142 Å². The molecule has 0 saturated heterocycles. The van der Waals surface area contributed by atoms with E-state index in [0.29, 0.717) is 18.6 Å². The summed E-state index contributed by atoms with van der Waals surface area (Å²) in [4.78, 5) is 12.7. The molecule has 0 bridgehead atoms. The van der Waals surface area contributed by atoms with E-state index in [4.69, 9.17) is 9.47 Å². The average molecular weight is 340 g/mol. The van der Waals surface area contributed by atoms with Gasteiger partial charge in [-0.2, -0.15) is 0 Å². The van der Waals surface area contributed by atoms with Crippen LogP contribution >= 0.6 is 0 Å². The van der Waals surface area contributed by atoms with E-state index in [0.717, 1.165) is 6.54 Å². The number of Topliss-reactive ketones (excluding diaryl/α,β-unsaturated/α-hetero) is 1. The molecule has 1 fully saturated rings. The van der Waals surface area contributed by atoms with Gasteiger partial charge in [-0.05, 0) is 25.0 Å². The molecule has 0 radical (unpaired) electrons. The van der Waals surface area contributed by atoms with Crippen molar-refractivity contribution in [2.75, 3.05) is 13.6 Å². The second-order valence-electron chi connectivity index (χ2n) is 5.92. The minimum atomic E-state index is -0.407. The zero-order valence-corrected chi connectivity index (χ0v) is 13.8. The monoisotopic (exact) mass is 339 g/mol. The number of quaternary nitrogens is 1. The molecular formula is C17H22ClNO4. The van der Waals surface area contributed by atoms with E-state index in [9.17, 15) is 9.90 Å². The summed E-state index contributed by atoms with van der Waals surface area (Å²) in [6, 6.07) is 9.22. The van der Waals surface area contributed by atoms with Crippen LogP contribution in [0.15, 0.2) is 42.4 Å². The molecule has 4 unspecified atom stereocenters. The second-order valence-corrected chi connectivity index (χ2v) is 5.92. The molecular weight excluding hydrogens is 318 g/mol. The molecule has 1 aromatic rings. The van der Waals surface area contributed by atoms with Gasteiger partial charge >= 0.3 is 0 Å². The van der Waals surface area contributed by atoms with Gasteiger partial charge in [0.2, 0.25) is 11.5 Å². The number of allylic oxidation sites excluding steroid dienone is 1. The third-order valence-electron chi connectivity index (χ3n) is 4.48. The van der Waals surface area contributed by atoms with Crippen molar-refractivity contribution in [2.24, 2.45) is 11.8 Å². The van der Waals surface area contributed by atoms with Gasteiger partial charge in [0.25, 0.3) is 0 Å². The van der Waals surface area contributed by atoms with Gasteiger partial charge in [0.05, 0.1) is 31.5 Å². The first-order chi connectivity index (χ1) is 10.7. The molecule has 5 nitrogen and oxygen atoms in total. The maximum Gasteiger partial charge on any atom is 0.208 e. The lowest BCUT2D eigenvalue weighted by atomic mass is 9.74. The Bertz CT molecular complexity index is 563. The smallest absolute Gasteiger partial charge is 0.208 e. The number of hydrogen-bond acceptors (Lipinski definition) is 4. The van der Waals surface area contributed by atoms with E-state index in [-0.39, 0.29) is 41.9 Å². The summed E-state index contributed by atoms with van der Waals surface area (Å²) in [5.74, 6) is 0.605. The van der Waals surface area contributed by atoms with Gasteiger partial charge in [0.15, 0.2) is 0 Å². The number of halogens is 1. The molecule has 23 heavy (non-hydrogen) atoms. The Kier molecular flexibility index (Phi) is 6.04. The molecule has 1 aliphatic carbocycles. The number of hydrogen-bond donors (Lipinski definition) is 2. The lowest BCUT2D eigenvalue weighted by Gasteiger charge is -2.40. The van der Waals surface area contributed by atoms with Crippen molar-refractivity contribution in [1.29, 1.82) is 0 Å². The minimum Gasteiger partial charge on any atom is -1.00 e. The normalized spacial score (nSPS) is 29.7. The van der Waals surface area contributed by atoms with Crippen LogP contribution in [0, 0.1) is 11.8 Å². The number of nitrogens with two attached hydrogens (primary N) is 1. The lowest BCUT2D eigenvalue weighted by Crippen LogP contribution is -3.00. The van der Waals surface area contributed by atoms with Gasteiger partial charge in [0, 0.05) is 0 Å². The Hall–Kier alpha value is -1.56. The van der Waals surface area contributed by atoms with Crippen molar-refractivity contribution in [2.45, 2.75) is 25.0 Å². The topological polar surface area (TPSA) is 72.4 Å². The van der Waals surface area contributed by atoms with Crippen molar-refractivity contribution in [1.82, 2.24) is 0 Å². The zero-order chi connectivity index (χ0) is 15.5. The van der Waals surface area contributed by atoms with Crippen LogP contribution in [-0.4, -0.2) is 36.7 Å². The van der Waals surface area contributed by atoms with Crippen LogP contribution in [-0.2, 0) is 9.53 Å². The molecule has 0 aromatic heterocycles. The van der Waals surface area contributed by atoms with E-state index in [1.54, 1.807) is 12.1 Å². The summed E-state index contributed by atoms with van der Waals surface area (Å²) >= 11 is 0. The summed E-state index contributed by atoms with van der Waals surface area (Å²) in [5.41, 5.74) is 0. The fraction of sp³-hybridized carbons (Fsp3) is 0.471. The number of benzene rings is 1. The molecule has 0 spiro atoms. The number of ether oxygens (including phenoxy) is 2. The Morgan fingerprint density at radius 2 is 2.04 bits per heavy atom. The third-order valence-corrected chi connectivity index (χ3v) is 4.48. The van der Waals surface area contributed by atoms with E-state index in [1.807, 2.05) is 30.6 Å². The van der Waals surface area contributed by atoms with Crippen LogP contribution in [0.5, 0.6) is 5.75 Å². The molecule has 2 aliphatic rings. The third kappa shape index (κ3) is 3.68. The summed E-state index contributed by atoms with van der Waals surface area (Å²) in [6.45, 7) is 0.748. The highest BCUT2D eigenvalue weighted by Gasteiger charge is 2.47. The molecule has 126 valence electrons. The fourth-order valence-electron chi connectivity index (χ4n) is 3.36. The highest BCUT2D eigenvalue weighted by molar-refractivity contribution is 5.96. The van der Waals surface area contributed by atoms with Gasteiger partial charge in [-0.1, -0.05) is 18.2 Å². The van der Waals surface area contributed by atoms with Crippen LogP contribution in [0.1, 0.15) is 12.8 Å². The number of carbonyl (C=O) groups excluding carboxylic acids is 1. The van der Waals surface area contributed by atoms with E-state index >= 15 is 0 Å². The predicted molar refractivity (Wildman–Crippen MR) is 80.0 cm³/mol. The molecule has 3 N–H and O–H groups in total. The van der Waals surface area contributed by atoms with Gasteiger partial charge < -0.3 is 32.3 Å². The fourth-order valence-corrected chi connectivity index (χ4v) is 3.36. The van der Waals surface area contributed by atoms with Gasteiger partial charge in [0.1, 0.15) is 18.1 Å². The number of ketones is 1. The summed E-state index contributed by atoms with van der Waals surface area (Å²) < 4.78 is 11.4. The molecule has 3 rings (SSSR count). The maximum atomic E-state index is 12.7. The summed E-state index contributed by atoms with van der Waals surface area (Å²) in [5, 5.41) is 12.2. The first-order valence-corrected chi connectivity index (χ1v) is 7.79. The van der Waals surface area contributed by atoms with E-state index in [2.05, 4.69) is 0 Å². The van der Waals surface area contributed by atoms with Crippen LogP contribution in [0.3, 0.4) is 0 Å². The maximum absolute atomic E-state index is 12.7.